The Hall–Kier alpha value is -2.91. The summed E-state index contributed by atoms with van der Waals surface area (Å²) in [5.41, 5.74) is 2.02. The third-order valence-electron chi connectivity index (χ3n) is 4.50. The fourth-order valence-electron chi connectivity index (χ4n) is 2.76. The fourth-order valence-corrected chi connectivity index (χ4v) is 4.18. The summed E-state index contributed by atoms with van der Waals surface area (Å²) >= 11 is 2.83. The van der Waals surface area contributed by atoms with Gasteiger partial charge in [0.1, 0.15) is 12.4 Å². The van der Waals surface area contributed by atoms with Gasteiger partial charge in [0, 0.05) is 10.6 Å². The zero-order valence-corrected chi connectivity index (χ0v) is 19.8. The molecule has 3 N–H and O–H groups in total. The summed E-state index contributed by atoms with van der Waals surface area (Å²) in [7, 11) is 0. The molecule has 0 unspecified atom stereocenters. The number of anilines is 1. The van der Waals surface area contributed by atoms with E-state index in [2.05, 4.69) is 35.9 Å². The average molecular weight is 470 g/mol. The first-order chi connectivity index (χ1) is 15.5. The Kier molecular flexibility index (Phi) is 8.64. The predicted octanol–water partition coefficient (Wildman–Crippen LogP) is 4.70. The molecule has 7 nitrogen and oxygen atoms in total. The number of aromatic nitrogens is 3. The SMILES string of the molecule is C=CCSc1ccccc1NC(=O)CSc1nnc(COc2ccc(C(C)C)cc2)n1N. The maximum atomic E-state index is 12.4. The first-order valence-electron chi connectivity index (χ1n) is 10.2. The number of thioether (sulfide) groups is 2. The van der Waals surface area contributed by atoms with Crippen molar-refractivity contribution in [3.63, 3.8) is 0 Å². The summed E-state index contributed by atoms with van der Waals surface area (Å²) in [6, 6.07) is 15.6. The van der Waals surface area contributed by atoms with E-state index in [1.807, 2.05) is 54.6 Å². The Balaban J connectivity index is 1.52. The van der Waals surface area contributed by atoms with Gasteiger partial charge >= 0.3 is 0 Å². The van der Waals surface area contributed by atoms with Crippen molar-refractivity contribution >= 4 is 35.1 Å². The number of nitrogens with two attached hydrogens (primary N) is 1. The zero-order chi connectivity index (χ0) is 22.9. The smallest absolute Gasteiger partial charge is 0.234 e. The number of amides is 1. The molecule has 2 aromatic carbocycles. The van der Waals surface area contributed by atoms with Gasteiger partial charge in [-0.25, -0.2) is 4.68 Å². The minimum atomic E-state index is -0.146. The number of para-hydroxylation sites is 1. The maximum Gasteiger partial charge on any atom is 0.234 e. The van der Waals surface area contributed by atoms with Gasteiger partial charge in [0.2, 0.25) is 11.1 Å². The minimum Gasteiger partial charge on any atom is -0.486 e. The van der Waals surface area contributed by atoms with Crippen LogP contribution in [0.2, 0.25) is 0 Å². The molecule has 168 valence electrons. The van der Waals surface area contributed by atoms with Crippen molar-refractivity contribution in [1.82, 2.24) is 14.9 Å². The number of hydrogen-bond acceptors (Lipinski definition) is 7. The van der Waals surface area contributed by atoms with Gasteiger partial charge in [-0.1, -0.05) is 56.0 Å². The lowest BCUT2D eigenvalue weighted by atomic mass is 10.0. The van der Waals surface area contributed by atoms with Crippen molar-refractivity contribution in [2.45, 2.75) is 36.4 Å². The molecule has 0 spiro atoms. The monoisotopic (exact) mass is 469 g/mol. The normalized spacial score (nSPS) is 10.8. The van der Waals surface area contributed by atoms with Crippen molar-refractivity contribution < 1.29 is 9.53 Å². The van der Waals surface area contributed by atoms with Crippen LogP contribution in [-0.2, 0) is 11.4 Å². The highest BCUT2D eigenvalue weighted by atomic mass is 32.2. The summed E-state index contributed by atoms with van der Waals surface area (Å²) in [5, 5.41) is 11.5. The number of carbonyl (C=O) groups is 1. The molecule has 0 radical (unpaired) electrons. The number of benzene rings is 2. The highest BCUT2D eigenvalue weighted by Gasteiger charge is 2.14. The summed E-state index contributed by atoms with van der Waals surface area (Å²) in [6.45, 7) is 8.21. The number of nitrogens with zero attached hydrogens (tertiary/aromatic N) is 3. The fraction of sp³-hybridized carbons (Fsp3) is 0.261. The Labute approximate surface area is 196 Å². The molecule has 9 heteroatoms. The van der Waals surface area contributed by atoms with Crippen LogP contribution in [0.3, 0.4) is 0 Å². The first-order valence-corrected chi connectivity index (χ1v) is 12.1. The predicted molar refractivity (Wildman–Crippen MR) is 132 cm³/mol. The highest BCUT2D eigenvalue weighted by molar-refractivity contribution is 8.00. The number of ether oxygens (including phenoxy) is 1. The van der Waals surface area contributed by atoms with Crippen molar-refractivity contribution in [3.05, 3.63) is 72.6 Å². The lowest BCUT2D eigenvalue weighted by Gasteiger charge is -2.10. The Morgan fingerprint density at radius 3 is 2.66 bits per heavy atom. The van der Waals surface area contributed by atoms with Gasteiger partial charge in [0.05, 0.1) is 11.4 Å². The van der Waals surface area contributed by atoms with Gasteiger partial charge in [-0.3, -0.25) is 4.79 Å². The summed E-state index contributed by atoms with van der Waals surface area (Å²) in [5.74, 6) is 8.56. The third kappa shape index (κ3) is 6.54. The minimum absolute atomic E-state index is 0.146. The topological polar surface area (TPSA) is 95.1 Å². The molecule has 3 rings (SSSR count). The highest BCUT2D eigenvalue weighted by Crippen LogP contribution is 2.27. The molecule has 1 heterocycles. The van der Waals surface area contributed by atoms with E-state index < -0.39 is 0 Å². The van der Waals surface area contributed by atoms with E-state index in [1.165, 1.54) is 22.0 Å². The van der Waals surface area contributed by atoms with Crippen LogP contribution in [-0.4, -0.2) is 32.3 Å². The largest absolute Gasteiger partial charge is 0.486 e. The van der Waals surface area contributed by atoms with E-state index in [0.29, 0.717) is 16.9 Å². The molecule has 1 amide bonds. The van der Waals surface area contributed by atoms with Crippen LogP contribution in [0.4, 0.5) is 5.69 Å². The molecule has 0 saturated heterocycles. The van der Waals surface area contributed by atoms with Crippen LogP contribution < -0.4 is 15.9 Å². The van der Waals surface area contributed by atoms with Crippen molar-refractivity contribution in [2.75, 3.05) is 22.7 Å². The number of hydrogen-bond donors (Lipinski definition) is 2. The van der Waals surface area contributed by atoms with E-state index in [9.17, 15) is 4.79 Å². The molecule has 0 aliphatic rings. The van der Waals surface area contributed by atoms with Crippen LogP contribution in [0.25, 0.3) is 0 Å². The van der Waals surface area contributed by atoms with E-state index in [0.717, 1.165) is 22.1 Å². The average Bonchev–Trinajstić information content (AvgIpc) is 3.15. The second-order valence-corrected chi connectivity index (χ2v) is 9.22. The van der Waals surface area contributed by atoms with Gasteiger partial charge in [-0.05, 0) is 35.7 Å². The summed E-state index contributed by atoms with van der Waals surface area (Å²) in [4.78, 5) is 13.4. The van der Waals surface area contributed by atoms with E-state index >= 15 is 0 Å². The third-order valence-corrected chi connectivity index (χ3v) is 6.51. The Morgan fingerprint density at radius 2 is 1.94 bits per heavy atom. The number of nitrogens with one attached hydrogen (secondary N) is 1. The van der Waals surface area contributed by atoms with Gasteiger partial charge in [-0.15, -0.1) is 28.5 Å². The first kappa shape index (κ1) is 23.7. The molecule has 0 atom stereocenters. The Morgan fingerprint density at radius 1 is 1.19 bits per heavy atom. The molecule has 0 aliphatic carbocycles. The van der Waals surface area contributed by atoms with Crippen LogP contribution in [0.1, 0.15) is 31.2 Å². The van der Waals surface area contributed by atoms with E-state index in [4.69, 9.17) is 10.6 Å². The molecule has 3 aromatic rings. The van der Waals surface area contributed by atoms with Gasteiger partial charge in [-0.2, -0.15) is 0 Å². The molecule has 32 heavy (non-hydrogen) atoms. The molecular formula is C23H27N5O2S2. The van der Waals surface area contributed by atoms with Crippen molar-refractivity contribution in [1.29, 1.82) is 0 Å². The van der Waals surface area contributed by atoms with Gasteiger partial charge in [0.15, 0.2) is 5.82 Å². The van der Waals surface area contributed by atoms with Crippen molar-refractivity contribution in [2.24, 2.45) is 0 Å². The number of rotatable bonds is 11. The molecular weight excluding hydrogens is 442 g/mol. The van der Waals surface area contributed by atoms with Crippen LogP contribution >= 0.6 is 23.5 Å². The standard InChI is InChI=1S/C23H27N5O2S2/c1-4-13-31-20-8-6-5-7-19(20)25-22(29)15-32-23-27-26-21(28(23)24)14-30-18-11-9-17(10-12-18)16(2)3/h4-12,16H,1,13-15,24H2,2-3H3,(H,25,29). The van der Waals surface area contributed by atoms with E-state index in [-0.39, 0.29) is 18.3 Å². The van der Waals surface area contributed by atoms with Crippen molar-refractivity contribution in [3.8, 4) is 5.75 Å². The lowest BCUT2D eigenvalue weighted by molar-refractivity contribution is -0.113. The molecule has 0 fully saturated rings. The molecule has 0 aliphatic heterocycles. The number of carbonyl (C=O) groups excluding carboxylic acids is 1. The van der Waals surface area contributed by atoms with Crippen LogP contribution in [0, 0.1) is 0 Å². The summed E-state index contributed by atoms with van der Waals surface area (Å²) < 4.78 is 7.13. The van der Waals surface area contributed by atoms with Gasteiger partial charge in [0.25, 0.3) is 0 Å². The Bertz CT molecular complexity index is 1050. The second kappa shape index (κ2) is 11.6. The van der Waals surface area contributed by atoms with Gasteiger partial charge < -0.3 is 15.9 Å². The molecule has 0 bridgehead atoms. The van der Waals surface area contributed by atoms with Crippen LogP contribution in [0.15, 0.2) is 71.2 Å². The molecule has 0 saturated carbocycles. The van der Waals surface area contributed by atoms with Crippen LogP contribution in [0.5, 0.6) is 5.75 Å². The maximum absolute atomic E-state index is 12.4. The lowest BCUT2D eigenvalue weighted by Crippen LogP contribution is -2.18. The van der Waals surface area contributed by atoms with E-state index in [1.54, 1.807) is 11.8 Å². The summed E-state index contributed by atoms with van der Waals surface area (Å²) in [6.07, 6.45) is 1.83. The zero-order valence-electron chi connectivity index (χ0n) is 18.2. The quantitative estimate of drug-likeness (QED) is 0.239. The second-order valence-electron chi connectivity index (χ2n) is 7.21. The number of nitrogen functional groups attached to an aromatic ring is 1. The molecule has 1 aromatic heterocycles.